The van der Waals surface area contributed by atoms with Gasteiger partial charge in [0.1, 0.15) is 0 Å². The smallest absolute Gasteiger partial charge is 0.00392 e. The monoisotopic (exact) mass is 314 g/mol. The molecule has 0 radical (unpaired) electrons. The van der Waals surface area contributed by atoms with Gasteiger partial charge in [-0.2, -0.15) is 0 Å². The van der Waals surface area contributed by atoms with Gasteiger partial charge in [0, 0.05) is 5.92 Å². The van der Waals surface area contributed by atoms with Crippen LogP contribution in [0.3, 0.4) is 0 Å². The van der Waals surface area contributed by atoms with Crippen LogP contribution in [0.25, 0.3) is 0 Å². The van der Waals surface area contributed by atoms with Crippen molar-refractivity contribution in [3.63, 3.8) is 0 Å². The Morgan fingerprint density at radius 2 is 1.43 bits per heavy atom. The van der Waals surface area contributed by atoms with Crippen molar-refractivity contribution in [3.8, 4) is 0 Å². The van der Waals surface area contributed by atoms with Gasteiger partial charge in [0.15, 0.2) is 0 Å². The molecule has 1 rings (SSSR count). The van der Waals surface area contributed by atoms with E-state index < -0.39 is 0 Å². The summed E-state index contributed by atoms with van der Waals surface area (Å²) in [5, 5.41) is 0. The van der Waals surface area contributed by atoms with Gasteiger partial charge in [-0.25, -0.2) is 0 Å². The molecule has 0 nitrogen and oxygen atoms in total. The molecular formula is C23H38. The van der Waals surface area contributed by atoms with E-state index in [4.69, 9.17) is 0 Å². The lowest BCUT2D eigenvalue weighted by atomic mass is 9.85. The fourth-order valence-corrected chi connectivity index (χ4v) is 2.62. The van der Waals surface area contributed by atoms with Crippen LogP contribution in [-0.2, 0) is 6.42 Å². The lowest BCUT2D eigenvalue weighted by molar-refractivity contribution is 0.666. The summed E-state index contributed by atoms with van der Waals surface area (Å²) in [6.45, 7) is 19.2. The highest BCUT2D eigenvalue weighted by atomic mass is 14.2. The second-order valence-corrected chi connectivity index (χ2v) is 6.70. The molecule has 0 spiro atoms. The van der Waals surface area contributed by atoms with E-state index in [2.05, 4.69) is 72.0 Å². The minimum Gasteiger partial charge on any atom is -0.0995 e. The zero-order chi connectivity index (χ0) is 17.7. The molecular weight excluding hydrogens is 276 g/mol. The number of benzene rings is 1. The Morgan fingerprint density at radius 1 is 0.913 bits per heavy atom. The SMILES string of the molecule is C=C(C)C(Cc1ccc(C)cc1)C(=C)CCC.CCCCCC. The maximum absolute atomic E-state index is 4.22. The average molecular weight is 315 g/mol. The number of rotatable bonds is 9. The third kappa shape index (κ3) is 10.2. The second kappa shape index (κ2) is 13.2. The van der Waals surface area contributed by atoms with Crippen LogP contribution in [0.4, 0.5) is 0 Å². The van der Waals surface area contributed by atoms with Crippen molar-refractivity contribution in [2.75, 3.05) is 0 Å². The Kier molecular flexibility index (Phi) is 12.4. The van der Waals surface area contributed by atoms with Crippen molar-refractivity contribution < 1.29 is 0 Å². The van der Waals surface area contributed by atoms with Gasteiger partial charge in [0.05, 0.1) is 0 Å². The first-order valence-electron chi connectivity index (χ1n) is 9.34. The Morgan fingerprint density at radius 3 is 1.83 bits per heavy atom. The van der Waals surface area contributed by atoms with E-state index in [1.54, 1.807) is 0 Å². The van der Waals surface area contributed by atoms with E-state index in [0.717, 1.165) is 19.3 Å². The number of hydrogen-bond acceptors (Lipinski definition) is 0. The topological polar surface area (TPSA) is 0 Å². The van der Waals surface area contributed by atoms with Gasteiger partial charge in [-0.15, -0.1) is 0 Å². The van der Waals surface area contributed by atoms with E-state index in [1.807, 2.05) is 0 Å². The number of hydrogen-bond donors (Lipinski definition) is 0. The molecule has 0 aliphatic carbocycles. The average Bonchev–Trinajstić information content (AvgIpc) is 2.52. The molecule has 0 bridgehead atoms. The summed E-state index contributed by atoms with van der Waals surface area (Å²) in [5.74, 6) is 0.428. The molecule has 0 N–H and O–H groups in total. The third-order valence-corrected chi connectivity index (χ3v) is 4.18. The first-order chi connectivity index (χ1) is 11.0. The summed E-state index contributed by atoms with van der Waals surface area (Å²) in [6.07, 6.45) is 8.84. The van der Waals surface area contributed by atoms with Gasteiger partial charge in [0.25, 0.3) is 0 Å². The number of aryl methyl sites for hydroxylation is 1. The standard InChI is InChI=1S/C17H24.C6H14/c1-6-7-15(5)17(13(2)3)12-16-10-8-14(4)9-11-16;1-3-5-6-4-2/h8-11,17H,2,5-7,12H2,1,3-4H3;3-6H2,1-2H3. The Labute approximate surface area is 145 Å². The third-order valence-electron chi connectivity index (χ3n) is 4.18. The van der Waals surface area contributed by atoms with E-state index in [9.17, 15) is 0 Å². The van der Waals surface area contributed by atoms with Gasteiger partial charge in [-0.3, -0.25) is 0 Å². The van der Waals surface area contributed by atoms with Gasteiger partial charge in [-0.05, 0) is 32.3 Å². The van der Waals surface area contributed by atoms with Crippen LogP contribution in [0, 0.1) is 12.8 Å². The van der Waals surface area contributed by atoms with Crippen LogP contribution in [-0.4, -0.2) is 0 Å². The first-order valence-corrected chi connectivity index (χ1v) is 9.34. The molecule has 1 unspecified atom stereocenters. The lowest BCUT2D eigenvalue weighted by Gasteiger charge is -2.20. The number of unbranched alkanes of at least 4 members (excludes halogenated alkanes) is 3. The Hall–Kier alpha value is -1.30. The molecule has 0 aromatic heterocycles. The Balaban J connectivity index is 0.000000688. The van der Waals surface area contributed by atoms with Gasteiger partial charge < -0.3 is 0 Å². The zero-order valence-corrected chi connectivity index (χ0v) is 16.3. The van der Waals surface area contributed by atoms with Gasteiger partial charge in [0.2, 0.25) is 0 Å². The fourth-order valence-electron chi connectivity index (χ4n) is 2.62. The second-order valence-electron chi connectivity index (χ2n) is 6.70. The van der Waals surface area contributed by atoms with Crippen LogP contribution in [0.5, 0.6) is 0 Å². The normalized spacial score (nSPS) is 11.3. The highest BCUT2D eigenvalue weighted by Crippen LogP contribution is 2.25. The van der Waals surface area contributed by atoms with Crippen molar-refractivity contribution >= 4 is 0 Å². The lowest BCUT2D eigenvalue weighted by Crippen LogP contribution is -2.08. The summed E-state index contributed by atoms with van der Waals surface area (Å²) >= 11 is 0. The maximum Gasteiger partial charge on any atom is 0.00392 e. The van der Waals surface area contributed by atoms with Crippen molar-refractivity contribution in [1.82, 2.24) is 0 Å². The van der Waals surface area contributed by atoms with E-state index in [1.165, 1.54) is 48.0 Å². The molecule has 1 aromatic carbocycles. The van der Waals surface area contributed by atoms with Crippen LogP contribution in [0.15, 0.2) is 48.6 Å². The molecule has 0 aliphatic rings. The summed E-state index contributed by atoms with van der Waals surface area (Å²) in [5.41, 5.74) is 5.23. The van der Waals surface area contributed by atoms with Crippen LogP contribution in [0.2, 0.25) is 0 Å². The minimum atomic E-state index is 0.428. The number of allylic oxidation sites excluding steroid dienone is 2. The fraction of sp³-hybridized carbons (Fsp3) is 0.565. The van der Waals surface area contributed by atoms with Crippen molar-refractivity contribution in [2.24, 2.45) is 5.92 Å². The molecule has 1 atom stereocenters. The zero-order valence-electron chi connectivity index (χ0n) is 16.3. The predicted molar refractivity (Wildman–Crippen MR) is 107 cm³/mol. The van der Waals surface area contributed by atoms with E-state index >= 15 is 0 Å². The van der Waals surface area contributed by atoms with Gasteiger partial charge in [-0.1, -0.05) is 107 Å². The summed E-state index contributed by atoms with van der Waals surface area (Å²) in [4.78, 5) is 0. The van der Waals surface area contributed by atoms with E-state index in [-0.39, 0.29) is 0 Å². The van der Waals surface area contributed by atoms with Crippen molar-refractivity contribution in [2.45, 2.75) is 79.6 Å². The molecule has 1 aromatic rings. The molecule has 130 valence electrons. The first kappa shape index (κ1) is 21.7. The van der Waals surface area contributed by atoms with Crippen molar-refractivity contribution in [3.05, 3.63) is 59.7 Å². The largest absolute Gasteiger partial charge is 0.0995 e. The molecule has 0 amide bonds. The van der Waals surface area contributed by atoms with Crippen LogP contribution < -0.4 is 0 Å². The summed E-state index contributed by atoms with van der Waals surface area (Å²) in [6, 6.07) is 8.77. The van der Waals surface area contributed by atoms with Crippen molar-refractivity contribution in [1.29, 1.82) is 0 Å². The summed E-state index contributed by atoms with van der Waals surface area (Å²) in [7, 11) is 0. The Bertz CT molecular complexity index is 432. The van der Waals surface area contributed by atoms with Crippen LogP contribution in [0.1, 0.15) is 77.3 Å². The van der Waals surface area contributed by atoms with Crippen LogP contribution >= 0.6 is 0 Å². The quantitative estimate of drug-likeness (QED) is 0.324. The highest BCUT2D eigenvalue weighted by molar-refractivity contribution is 5.26. The summed E-state index contributed by atoms with van der Waals surface area (Å²) < 4.78 is 0. The molecule has 0 saturated heterocycles. The highest BCUT2D eigenvalue weighted by Gasteiger charge is 2.13. The molecule has 0 heterocycles. The van der Waals surface area contributed by atoms with Gasteiger partial charge >= 0.3 is 0 Å². The predicted octanol–water partition coefficient (Wildman–Crippen LogP) is 7.67. The molecule has 0 fully saturated rings. The van der Waals surface area contributed by atoms with E-state index in [0.29, 0.717) is 5.92 Å². The minimum absolute atomic E-state index is 0.428. The maximum atomic E-state index is 4.22. The molecule has 23 heavy (non-hydrogen) atoms. The molecule has 0 heteroatoms. The molecule has 0 saturated carbocycles. The molecule has 0 aliphatic heterocycles.